The third-order valence-electron chi connectivity index (χ3n) is 7.66. The minimum absolute atomic E-state index is 0.106. The summed E-state index contributed by atoms with van der Waals surface area (Å²) >= 11 is 0. The Kier molecular flexibility index (Phi) is 8.40. The van der Waals surface area contributed by atoms with E-state index in [1.807, 2.05) is 92.7 Å². The van der Waals surface area contributed by atoms with Gasteiger partial charge in [0.15, 0.2) is 0 Å². The number of benzene rings is 4. The summed E-state index contributed by atoms with van der Waals surface area (Å²) in [5.74, 6) is -0.393. The van der Waals surface area contributed by atoms with E-state index in [1.165, 1.54) is 4.31 Å². The maximum Gasteiger partial charge on any atom is 0.265 e. The van der Waals surface area contributed by atoms with Crippen molar-refractivity contribution in [3.8, 4) is 0 Å². The molecule has 1 atom stereocenters. The first-order valence-electron chi connectivity index (χ1n) is 14.0. The maximum absolute atomic E-state index is 13.9. The summed E-state index contributed by atoms with van der Waals surface area (Å²) in [5, 5.41) is 4.51. The van der Waals surface area contributed by atoms with E-state index in [0.29, 0.717) is 30.0 Å². The second kappa shape index (κ2) is 12.1. The number of likely N-dealkylation sites (N-methyl/N-ethyl adjacent to an activating group) is 1. The number of nitrogens with zero attached hydrogens (tertiary/aromatic N) is 2. The topological polar surface area (TPSA) is 86.8 Å². The molecule has 0 radical (unpaired) electrons. The zero-order chi connectivity index (χ0) is 29.0. The Hall–Kier alpha value is -4.17. The predicted molar refractivity (Wildman–Crippen MR) is 162 cm³/mol. The van der Waals surface area contributed by atoms with E-state index < -0.39 is 16.1 Å². The van der Waals surface area contributed by atoms with Crippen LogP contribution in [0, 0.1) is 6.92 Å². The number of carbonyl (C=O) groups excluding carboxylic acids is 2. The van der Waals surface area contributed by atoms with E-state index in [-0.39, 0.29) is 31.3 Å². The van der Waals surface area contributed by atoms with Crippen molar-refractivity contribution in [2.75, 3.05) is 17.4 Å². The van der Waals surface area contributed by atoms with Crippen molar-refractivity contribution < 1.29 is 18.0 Å². The first-order valence-corrected chi connectivity index (χ1v) is 15.5. The molecule has 0 saturated heterocycles. The van der Waals surface area contributed by atoms with Crippen LogP contribution in [0.5, 0.6) is 0 Å². The molecule has 1 aliphatic rings. The molecule has 4 aromatic rings. The lowest BCUT2D eigenvalue weighted by Crippen LogP contribution is -2.50. The van der Waals surface area contributed by atoms with Gasteiger partial charge >= 0.3 is 0 Å². The Labute approximate surface area is 241 Å². The highest BCUT2D eigenvalue weighted by atomic mass is 32.2. The maximum atomic E-state index is 13.9. The van der Waals surface area contributed by atoms with Crippen molar-refractivity contribution in [1.29, 1.82) is 0 Å². The second-order valence-corrected chi connectivity index (χ2v) is 12.2. The summed E-state index contributed by atoms with van der Waals surface area (Å²) in [4.78, 5) is 29.3. The average Bonchev–Trinajstić information content (AvgIpc) is 3.19. The number of sulfonamides is 1. The summed E-state index contributed by atoms with van der Waals surface area (Å²) in [6, 6.07) is 27.7. The SMILES string of the molecule is CCNC(=O)C(Cc1ccccc1)N(Cc1ccccc1C)C(=O)CCCN1c2cccc3cccc(c23)S1(=O)=O. The van der Waals surface area contributed by atoms with Gasteiger partial charge in [-0.15, -0.1) is 0 Å². The fraction of sp³-hybridized carbons (Fsp3) is 0.273. The molecule has 41 heavy (non-hydrogen) atoms. The van der Waals surface area contributed by atoms with Crippen LogP contribution in [-0.2, 0) is 32.6 Å². The van der Waals surface area contributed by atoms with Crippen molar-refractivity contribution >= 4 is 38.3 Å². The molecule has 0 bridgehead atoms. The molecule has 8 heteroatoms. The monoisotopic (exact) mass is 569 g/mol. The van der Waals surface area contributed by atoms with Crippen LogP contribution in [0.25, 0.3) is 10.8 Å². The van der Waals surface area contributed by atoms with Gasteiger partial charge in [-0.2, -0.15) is 0 Å². The van der Waals surface area contributed by atoms with E-state index in [0.717, 1.165) is 27.5 Å². The van der Waals surface area contributed by atoms with Crippen molar-refractivity contribution in [3.63, 3.8) is 0 Å². The molecule has 5 rings (SSSR count). The zero-order valence-electron chi connectivity index (χ0n) is 23.4. The van der Waals surface area contributed by atoms with Gasteiger partial charge in [0.2, 0.25) is 11.8 Å². The number of hydrogen-bond acceptors (Lipinski definition) is 4. The minimum Gasteiger partial charge on any atom is -0.355 e. The quantitative estimate of drug-likeness (QED) is 0.269. The van der Waals surface area contributed by atoms with Gasteiger partial charge < -0.3 is 10.2 Å². The molecule has 1 unspecified atom stereocenters. The summed E-state index contributed by atoms with van der Waals surface area (Å²) in [6.07, 6.45) is 0.803. The fourth-order valence-electron chi connectivity index (χ4n) is 5.53. The van der Waals surface area contributed by atoms with Crippen molar-refractivity contribution in [1.82, 2.24) is 10.2 Å². The highest BCUT2D eigenvalue weighted by Crippen LogP contribution is 2.42. The van der Waals surface area contributed by atoms with Crippen LogP contribution in [0.15, 0.2) is 95.9 Å². The van der Waals surface area contributed by atoms with Crippen molar-refractivity contribution in [3.05, 3.63) is 108 Å². The molecule has 2 amide bonds. The van der Waals surface area contributed by atoms with Crippen LogP contribution in [-0.4, -0.2) is 44.3 Å². The van der Waals surface area contributed by atoms with Crippen LogP contribution in [0.3, 0.4) is 0 Å². The molecule has 212 valence electrons. The van der Waals surface area contributed by atoms with E-state index in [2.05, 4.69) is 5.32 Å². The molecule has 4 aromatic carbocycles. The van der Waals surface area contributed by atoms with Gasteiger partial charge in [0.05, 0.1) is 10.6 Å². The third kappa shape index (κ3) is 5.84. The number of carbonyl (C=O) groups is 2. The van der Waals surface area contributed by atoms with Crippen molar-refractivity contribution in [2.24, 2.45) is 0 Å². The summed E-state index contributed by atoms with van der Waals surface area (Å²) in [7, 11) is -3.70. The van der Waals surface area contributed by atoms with Gasteiger partial charge in [0.25, 0.3) is 10.0 Å². The Morgan fingerprint density at radius 2 is 1.61 bits per heavy atom. The molecule has 1 heterocycles. The zero-order valence-corrected chi connectivity index (χ0v) is 24.2. The predicted octanol–water partition coefficient (Wildman–Crippen LogP) is 5.21. The fourth-order valence-corrected chi connectivity index (χ4v) is 7.28. The molecule has 0 fully saturated rings. The van der Waals surface area contributed by atoms with Crippen LogP contribution in [0.1, 0.15) is 36.5 Å². The van der Waals surface area contributed by atoms with Gasteiger partial charge in [-0.1, -0.05) is 78.9 Å². The molecule has 0 saturated carbocycles. The standard InChI is InChI=1S/C33H35N3O4S/c1-3-34-33(38)29(22-25-13-5-4-6-14-25)35(23-27-15-8-7-12-24(27)2)31(37)20-11-21-36-28-18-9-16-26-17-10-19-30(32(26)28)41(36,39)40/h4-10,12-19,29H,3,11,20-23H2,1-2H3,(H,34,38). The van der Waals surface area contributed by atoms with Gasteiger partial charge in [0.1, 0.15) is 6.04 Å². The molecule has 0 aliphatic carbocycles. The van der Waals surface area contributed by atoms with Gasteiger partial charge in [-0.05, 0) is 54.5 Å². The lowest BCUT2D eigenvalue weighted by Gasteiger charge is -2.32. The first-order chi connectivity index (χ1) is 19.8. The summed E-state index contributed by atoms with van der Waals surface area (Å²) in [5.41, 5.74) is 3.60. The van der Waals surface area contributed by atoms with Crippen LogP contribution in [0.2, 0.25) is 0 Å². The molecule has 1 N–H and O–H groups in total. The van der Waals surface area contributed by atoms with Gasteiger partial charge in [0, 0.05) is 37.9 Å². The number of rotatable bonds is 11. The number of aryl methyl sites for hydroxylation is 1. The minimum atomic E-state index is -3.70. The lowest BCUT2D eigenvalue weighted by molar-refractivity contribution is -0.141. The largest absolute Gasteiger partial charge is 0.355 e. The van der Waals surface area contributed by atoms with E-state index in [4.69, 9.17) is 0 Å². The smallest absolute Gasteiger partial charge is 0.265 e. The molecule has 0 aromatic heterocycles. The molecule has 7 nitrogen and oxygen atoms in total. The van der Waals surface area contributed by atoms with Crippen molar-refractivity contribution in [2.45, 2.75) is 50.6 Å². The van der Waals surface area contributed by atoms with Gasteiger partial charge in [-0.3, -0.25) is 13.9 Å². The number of hydrogen-bond donors (Lipinski definition) is 1. The summed E-state index contributed by atoms with van der Waals surface area (Å²) in [6.45, 7) is 4.76. The third-order valence-corrected chi connectivity index (χ3v) is 9.51. The van der Waals surface area contributed by atoms with Gasteiger partial charge in [-0.25, -0.2) is 8.42 Å². The number of nitrogens with one attached hydrogen (secondary N) is 1. The first kappa shape index (κ1) is 28.4. The van der Waals surface area contributed by atoms with E-state index in [9.17, 15) is 18.0 Å². The Morgan fingerprint density at radius 1 is 0.902 bits per heavy atom. The molecular weight excluding hydrogens is 534 g/mol. The highest BCUT2D eigenvalue weighted by Gasteiger charge is 2.36. The highest BCUT2D eigenvalue weighted by molar-refractivity contribution is 7.93. The lowest BCUT2D eigenvalue weighted by atomic mass is 10.0. The number of anilines is 1. The Bertz CT molecular complexity index is 1670. The van der Waals surface area contributed by atoms with E-state index in [1.54, 1.807) is 17.0 Å². The van der Waals surface area contributed by atoms with Crippen LogP contribution < -0.4 is 9.62 Å². The molecule has 0 spiro atoms. The number of amides is 2. The van der Waals surface area contributed by atoms with E-state index >= 15 is 0 Å². The average molecular weight is 570 g/mol. The summed E-state index contributed by atoms with van der Waals surface area (Å²) < 4.78 is 28.2. The molecular formula is C33H35N3O4S. The van der Waals surface area contributed by atoms with Crippen LogP contribution >= 0.6 is 0 Å². The van der Waals surface area contributed by atoms with Crippen LogP contribution in [0.4, 0.5) is 5.69 Å². The molecule has 1 aliphatic heterocycles. The second-order valence-electron chi connectivity index (χ2n) is 10.4. The Morgan fingerprint density at radius 3 is 2.34 bits per heavy atom. The normalized spacial score (nSPS) is 14.1. The Balaban J connectivity index is 1.39.